The van der Waals surface area contributed by atoms with E-state index < -0.39 is 0 Å². The van der Waals surface area contributed by atoms with Crippen molar-refractivity contribution >= 4 is 33.1 Å². The van der Waals surface area contributed by atoms with Crippen molar-refractivity contribution in [3.05, 3.63) is 52.8 Å². The van der Waals surface area contributed by atoms with Gasteiger partial charge in [0.05, 0.1) is 12.1 Å². The van der Waals surface area contributed by atoms with Gasteiger partial charge in [-0.25, -0.2) is 0 Å². The molecule has 0 radical (unpaired) electrons. The molecule has 2 aromatic carbocycles. The number of Topliss-reactive ketones (excluding diaryl/α,β-unsaturated/α-hetero) is 1. The first kappa shape index (κ1) is 12.4. The van der Waals surface area contributed by atoms with E-state index in [0.717, 1.165) is 16.3 Å². The summed E-state index contributed by atoms with van der Waals surface area (Å²) in [5.41, 5.74) is 7.07. The number of hydrogen-bond donors (Lipinski definition) is 1. The van der Waals surface area contributed by atoms with Gasteiger partial charge in [-0.1, -0.05) is 18.2 Å². The number of nitrogen functional groups attached to an aromatic ring is 1. The maximum atomic E-state index is 12.5. The number of carbonyl (C=O) groups is 1. The molecule has 0 aliphatic carbocycles. The van der Waals surface area contributed by atoms with Crippen molar-refractivity contribution in [3.63, 3.8) is 0 Å². The Bertz CT molecular complexity index is 894. The van der Waals surface area contributed by atoms with Crippen LogP contribution in [0.3, 0.4) is 0 Å². The van der Waals surface area contributed by atoms with Crippen LogP contribution in [-0.2, 0) is 11.3 Å². The molecule has 0 bridgehead atoms. The highest BCUT2D eigenvalue weighted by Crippen LogP contribution is 2.24. The number of hydrogen-bond acceptors (Lipinski definition) is 3. The van der Waals surface area contributed by atoms with Gasteiger partial charge in [0, 0.05) is 16.5 Å². The Morgan fingerprint density at radius 2 is 1.80 bits per heavy atom. The molecule has 0 saturated carbocycles. The molecule has 3 rings (SSSR count). The molecular weight excluding hydrogens is 252 g/mol. The fraction of sp³-hybridized carbons (Fsp3) is 0.125. The summed E-state index contributed by atoms with van der Waals surface area (Å²) in [5, 5.41) is 2.35. The van der Waals surface area contributed by atoms with Crippen molar-refractivity contribution in [1.82, 2.24) is 4.57 Å². The van der Waals surface area contributed by atoms with E-state index in [0.29, 0.717) is 11.1 Å². The second kappa shape index (κ2) is 4.49. The third-order valence-electron chi connectivity index (χ3n) is 3.38. The van der Waals surface area contributed by atoms with Gasteiger partial charge < -0.3 is 10.3 Å². The van der Waals surface area contributed by atoms with Gasteiger partial charge in [0.15, 0.2) is 0 Å². The molecule has 3 aromatic rings. The number of carbonyl (C=O) groups excluding carboxylic acids is 1. The highest BCUT2D eigenvalue weighted by atomic mass is 16.1. The molecule has 1 aromatic heterocycles. The number of benzene rings is 2. The van der Waals surface area contributed by atoms with Crippen LogP contribution in [0.15, 0.2) is 47.3 Å². The normalized spacial score (nSPS) is 11.1. The van der Waals surface area contributed by atoms with Gasteiger partial charge in [0.2, 0.25) is 0 Å². The lowest BCUT2D eigenvalue weighted by atomic mass is 10.1. The van der Waals surface area contributed by atoms with Gasteiger partial charge in [-0.05, 0) is 36.6 Å². The predicted molar refractivity (Wildman–Crippen MR) is 80.8 cm³/mol. The Hall–Kier alpha value is -2.62. The van der Waals surface area contributed by atoms with Crippen LogP contribution in [0.25, 0.3) is 21.7 Å². The van der Waals surface area contributed by atoms with E-state index in [1.165, 1.54) is 11.5 Å². The van der Waals surface area contributed by atoms with Crippen molar-refractivity contribution in [2.45, 2.75) is 13.5 Å². The molecule has 2 N–H and O–H groups in total. The summed E-state index contributed by atoms with van der Waals surface area (Å²) in [5.74, 6) is -0.0551. The number of nitrogens with two attached hydrogens (primary N) is 1. The van der Waals surface area contributed by atoms with Gasteiger partial charge in [0.1, 0.15) is 5.78 Å². The molecule has 0 aliphatic heterocycles. The number of rotatable bonds is 2. The van der Waals surface area contributed by atoms with Crippen LogP contribution < -0.4 is 11.3 Å². The Balaban J connectivity index is 2.55. The molecule has 0 saturated heterocycles. The molecule has 4 nitrogen and oxygen atoms in total. The van der Waals surface area contributed by atoms with Crippen molar-refractivity contribution < 1.29 is 4.79 Å². The summed E-state index contributed by atoms with van der Waals surface area (Å²) in [6.07, 6.45) is 0. The minimum absolute atomic E-state index is 0.0551. The van der Waals surface area contributed by atoms with E-state index >= 15 is 0 Å². The summed E-state index contributed by atoms with van der Waals surface area (Å²) in [6.45, 7) is 1.55. The first-order chi connectivity index (χ1) is 9.58. The van der Waals surface area contributed by atoms with Gasteiger partial charge in [-0.15, -0.1) is 0 Å². The van der Waals surface area contributed by atoms with E-state index in [9.17, 15) is 9.59 Å². The summed E-state index contributed by atoms with van der Waals surface area (Å²) in [6, 6.07) is 12.8. The molecule has 0 amide bonds. The number of fused-ring (bicyclic) bond motifs is 3. The van der Waals surface area contributed by atoms with Crippen LogP contribution in [0.5, 0.6) is 0 Å². The van der Waals surface area contributed by atoms with Crippen LogP contribution >= 0.6 is 0 Å². The van der Waals surface area contributed by atoms with E-state index in [1.807, 2.05) is 24.3 Å². The quantitative estimate of drug-likeness (QED) is 0.572. The lowest BCUT2D eigenvalue weighted by molar-refractivity contribution is -0.117. The average Bonchev–Trinajstić information content (AvgIpc) is 2.43. The Morgan fingerprint density at radius 3 is 2.50 bits per heavy atom. The zero-order valence-electron chi connectivity index (χ0n) is 11.1. The molecule has 0 aliphatic rings. The van der Waals surface area contributed by atoms with E-state index in [1.54, 1.807) is 18.2 Å². The van der Waals surface area contributed by atoms with Crippen LogP contribution in [0.2, 0.25) is 0 Å². The molecule has 1 heterocycles. The highest BCUT2D eigenvalue weighted by Gasteiger charge is 2.11. The molecular formula is C16H14N2O2. The molecule has 0 unspecified atom stereocenters. The van der Waals surface area contributed by atoms with Crippen LogP contribution in [0.1, 0.15) is 6.92 Å². The fourth-order valence-electron chi connectivity index (χ4n) is 2.54. The monoisotopic (exact) mass is 266 g/mol. The fourth-order valence-corrected chi connectivity index (χ4v) is 2.54. The maximum Gasteiger partial charge on any atom is 0.259 e. The van der Waals surface area contributed by atoms with Crippen molar-refractivity contribution in [1.29, 1.82) is 0 Å². The number of ketones is 1. The lowest BCUT2D eigenvalue weighted by Crippen LogP contribution is -2.23. The molecule has 0 fully saturated rings. The number of pyridine rings is 1. The number of aromatic nitrogens is 1. The summed E-state index contributed by atoms with van der Waals surface area (Å²) in [4.78, 5) is 24.0. The minimum atomic E-state index is -0.145. The average molecular weight is 266 g/mol. The largest absolute Gasteiger partial charge is 0.399 e. The van der Waals surface area contributed by atoms with Gasteiger partial charge in [-0.2, -0.15) is 0 Å². The Kier molecular flexibility index (Phi) is 2.79. The number of anilines is 1. The zero-order valence-corrected chi connectivity index (χ0v) is 11.1. The van der Waals surface area contributed by atoms with Crippen LogP contribution in [0, 0.1) is 0 Å². The van der Waals surface area contributed by atoms with Crippen molar-refractivity contribution in [3.8, 4) is 0 Å². The molecule has 4 heteroatoms. The van der Waals surface area contributed by atoms with Crippen molar-refractivity contribution in [2.75, 3.05) is 5.73 Å². The van der Waals surface area contributed by atoms with Gasteiger partial charge in [-0.3, -0.25) is 9.59 Å². The minimum Gasteiger partial charge on any atom is -0.399 e. The molecule has 0 spiro atoms. The SMILES string of the molecule is CC(=O)Cn1c(=O)c2ccccc2c2cc(N)ccc21. The van der Waals surface area contributed by atoms with Gasteiger partial charge >= 0.3 is 0 Å². The third kappa shape index (κ3) is 1.86. The third-order valence-corrected chi connectivity index (χ3v) is 3.38. The van der Waals surface area contributed by atoms with E-state index in [2.05, 4.69) is 0 Å². The highest BCUT2D eigenvalue weighted by molar-refractivity contribution is 6.06. The van der Waals surface area contributed by atoms with Gasteiger partial charge in [0.25, 0.3) is 5.56 Å². The number of nitrogens with zero attached hydrogens (tertiary/aromatic N) is 1. The smallest absolute Gasteiger partial charge is 0.259 e. The topological polar surface area (TPSA) is 65.1 Å². The van der Waals surface area contributed by atoms with Crippen LogP contribution in [-0.4, -0.2) is 10.4 Å². The molecule has 20 heavy (non-hydrogen) atoms. The Labute approximate surface area is 115 Å². The summed E-state index contributed by atoms with van der Waals surface area (Å²) >= 11 is 0. The molecule has 0 atom stereocenters. The van der Waals surface area contributed by atoms with E-state index in [-0.39, 0.29) is 17.9 Å². The lowest BCUT2D eigenvalue weighted by Gasteiger charge is -2.12. The van der Waals surface area contributed by atoms with E-state index in [4.69, 9.17) is 5.73 Å². The predicted octanol–water partition coefficient (Wildman–Crippen LogP) is 2.33. The molecule has 100 valence electrons. The van der Waals surface area contributed by atoms with Crippen molar-refractivity contribution in [2.24, 2.45) is 0 Å². The first-order valence-electron chi connectivity index (χ1n) is 6.38. The Morgan fingerprint density at radius 1 is 1.10 bits per heavy atom. The zero-order chi connectivity index (χ0) is 14.3. The maximum absolute atomic E-state index is 12.5. The standard InChI is InChI=1S/C16H14N2O2/c1-10(19)9-18-15-7-6-11(17)8-14(15)12-4-2-3-5-13(12)16(18)20/h2-8H,9,17H2,1H3. The van der Waals surface area contributed by atoms with Crippen LogP contribution in [0.4, 0.5) is 5.69 Å². The summed E-state index contributed by atoms with van der Waals surface area (Å²) < 4.78 is 1.51. The summed E-state index contributed by atoms with van der Waals surface area (Å²) in [7, 11) is 0. The second-order valence-electron chi connectivity index (χ2n) is 4.92. The second-order valence-corrected chi connectivity index (χ2v) is 4.92. The first-order valence-corrected chi connectivity index (χ1v) is 6.38.